The van der Waals surface area contributed by atoms with Gasteiger partial charge in [0.15, 0.2) is 5.82 Å². The van der Waals surface area contributed by atoms with Crippen molar-refractivity contribution in [2.75, 3.05) is 5.73 Å². The number of ether oxygens (including phenoxy) is 1. The van der Waals surface area contributed by atoms with Crippen LogP contribution in [0.5, 0.6) is 0 Å². The highest BCUT2D eigenvalue weighted by Gasteiger charge is 2.19. The van der Waals surface area contributed by atoms with Crippen LogP contribution in [0.3, 0.4) is 0 Å². The Morgan fingerprint density at radius 2 is 2.24 bits per heavy atom. The monoisotopic (exact) mass is 237 g/mol. The molecule has 1 aromatic rings. The van der Waals surface area contributed by atoms with Crippen molar-refractivity contribution in [1.29, 1.82) is 0 Å². The van der Waals surface area contributed by atoms with Crippen molar-refractivity contribution in [3.8, 4) is 0 Å². The topological polar surface area (TPSA) is 35.2 Å². The first kappa shape index (κ1) is 12.4. The Kier molecular flexibility index (Phi) is 4.00. The average molecular weight is 237 g/mol. The molecule has 0 aliphatic heterocycles. The Morgan fingerprint density at radius 1 is 1.41 bits per heavy atom. The Morgan fingerprint density at radius 3 is 3.00 bits per heavy atom. The maximum atomic E-state index is 13.6. The molecule has 1 fully saturated rings. The van der Waals surface area contributed by atoms with Crippen LogP contribution in [-0.2, 0) is 11.3 Å². The van der Waals surface area contributed by atoms with Crippen molar-refractivity contribution in [3.05, 3.63) is 29.6 Å². The van der Waals surface area contributed by atoms with Crippen LogP contribution < -0.4 is 5.73 Å². The van der Waals surface area contributed by atoms with Crippen molar-refractivity contribution in [3.63, 3.8) is 0 Å². The van der Waals surface area contributed by atoms with E-state index in [1.807, 2.05) is 0 Å². The summed E-state index contributed by atoms with van der Waals surface area (Å²) in [5, 5.41) is 0. The third-order valence-electron chi connectivity index (χ3n) is 3.47. The summed E-state index contributed by atoms with van der Waals surface area (Å²) >= 11 is 0. The summed E-state index contributed by atoms with van der Waals surface area (Å²) in [7, 11) is 0. The normalized spacial score (nSPS) is 24.8. The van der Waals surface area contributed by atoms with E-state index < -0.39 is 0 Å². The summed E-state index contributed by atoms with van der Waals surface area (Å²) in [4.78, 5) is 0. The smallest absolute Gasteiger partial charge is 0.151 e. The molecule has 0 spiro atoms. The molecule has 1 aliphatic rings. The quantitative estimate of drug-likeness (QED) is 0.816. The number of benzene rings is 1. The molecule has 2 rings (SSSR count). The standard InChI is InChI=1S/C14H20FNO/c1-10-4-2-6-12(8-10)17-9-11-5-3-7-13(16)14(11)15/h3,5,7,10,12H,2,4,6,8-9,16H2,1H3. The first-order valence-corrected chi connectivity index (χ1v) is 6.31. The van der Waals surface area contributed by atoms with Gasteiger partial charge in [0.25, 0.3) is 0 Å². The molecule has 3 heteroatoms. The number of hydrogen-bond acceptors (Lipinski definition) is 2. The van der Waals surface area contributed by atoms with Gasteiger partial charge in [-0.1, -0.05) is 31.9 Å². The average Bonchev–Trinajstić information content (AvgIpc) is 2.31. The van der Waals surface area contributed by atoms with Gasteiger partial charge in [-0.3, -0.25) is 0 Å². The van der Waals surface area contributed by atoms with Crippen molar-refractivity contribution < 1.29 is 9.13 Å². The molecule has 2 atom stereocenters. The van der Waals surface area contributed by atoms with E-state index in [1.54, 1.807) is 18.2 Å². The zero-order chi connectivity index (χ0) is 12.3. The second kappa shape index (κ2) is 5.50. The van der Waals surface area contributed by atoms with E-state index >= 15 is 0 Å². The Hall–Kier alpha value is -1.09. The summed E-state index contributed by atoms with van der Waals surface area (Å²) in [5.41, 5.74) is 6.28. The van der Waals surface area contributed by atoms with Gasteiger partial charge in [-0.15, -0.1) is 0 Å². The summed E-state index contributed by atoms with van der Waals surface area (Å²) < 4.78 is 19.4. The molecular formula is C14H20FNO. The fraction of sp³-hybridized carbons (Fsp3) is 0.571. The highest BCUT2D eigenvalue weighted by Crippen LogP contribution is 2.27. The van der Waals surface area contributed by atoms with E-state index in [1.165, 1.54) is 12.8 Å². The van der Waals surface area contributed by atoms with Crippen LogP contribution >= 0.6 is 0 Å². The third kappa shape index (κ3) is 3.19. The molecule has 17 heavy (non-hydrogen) atoms. The summed E-state index contributed by atoms with van der Waals surface area (Å²) in [6.07, 6.45) is 4.95. The number of nitrogens with two attached hydrogens (primary N) is 1. The molecule has 2 unspecified atom stereocenters. The van der Waals surface area contributed by atoms with Crippen LogP contribution in [0.15, 0.2) is 18.2 Å². The molecule has 0 heterocycles. The molecule has 2 N–H and O–H groups in total. The van der Waals surface area contributed by atoms with Gasteiger partial charge in [-0.25, -0.2) is 4.39 Å². The van der Waals surface area contributed by atoms with Gasteiger partial charge in [0.05, 0.1) is 18.4 Å². The van der Waals surface area contributed by atoms with Gasteiger partial charge in [0.2, 0.25) is 0 Å². The summed E-state index contributed by atoms with van der Waals surface area (Å²) in [6.45, 7) is 2.57. The maximum Gasteiger partial charge on any atom is 0.151 e. The van der Waals surface area contributed by atoms with E-state index in [2.05, 4.69) is 6.92 Å². The molecule has 94 valence electrons. The van der Waals surface area contributed by atoms with Gasteiger partial charge < -0.3 is 10.5 Å². The number of hydrogen-bond donors (Lipinski definition) is 1. The first-order valence-electron chi connectivity index (χ1n) is 6.31. The van der Waals surface area contributed by atoms with Crippen LogP contribution in [-0.4, -0.2) is 6.10 Å². The second-order valence-electron chi connectivity index (χ2n) is 5.03. The minimum atomic E-state index is -0.337. The van der Waals surface area contributed by atoms with Crippen molar-refractivity contribution in [1.82, 2.24) is 0 Å². The Bertz CT molecular complexity index is 380. The predicted octanol–water partition coefficient (Wildman–Crippen LogP) is 3.50. The van der Waals surface area contributed by atoms with Gasteiger partial charge in [-0.2, -0.15) is 0 Å². The van der Waals surface area contributed by atoms with Crippen LogP contribution in [0.25, 0.3) is 0 Å². The fourth-order valence-corrected chi connectivity index (χ4v) is 2.45. The molecular weight excluding hydrogens is 217 g/mol. The van der Waals surface area contributed by atoms with Crippen LogP contribution in [0, 0.1) is 11.7 Å². The van der Waals surface area contributed by atoms with Crippen LogP contribution in [0.1, 0.15) is 38.2 Å². The largest absolute Gasteiger partial charge is 0.396 e. The van der Waals surface area contributed by atoms with Gasteiger partial charge in [0.1, 0.15) is 0 Å². The zero-order valence-electron chi connectivity index (χ0n) is 10.3. The lowest BCUT2D eigenvalue weighted by atomic mass is 9.89. The molecule has 2 nitrogen and oxygen atoms in total. The molecule has 0 aromatic heterocycles. The third-order valence-corrected chi connectivity index (χ3v) is 3.47. The predicted molar refractivity (Wildman–Crippen MR) is 67.0 cm³/mol. The fourth-order valence-electron chi connectivity index (χ4n) is 2.45. The lowest BCUT2D eigenvalue weighted by molar-refractivity contribution is 0.00357. The van der Waals surface area contributed by atoms with Crippen molar-refractivity contribution in [2.45, 2.75) is 45.3 Å². The lowest BCUT2D eigenvalue weighted by Gasteiger charge is -2.26. The number of nitrogen functional groups attached to an aromatic ring is 1. The molecule has 1 saturated carbocycles. The zero-order valence-corrected chi connectivity index (χ0v) is 10.3. The summed E-state index contributed by atoms with van der Waals surface area (Å²) in [5.74, 6) is 0.385. The summed E-state index contributed by atoms with van der Waals surface area (Å²) in [6, 6.07) is 5.07. The highest BCUT2D eigenvalue weighted by atomic mass is 19.1. The molecule has 0 radical (unpaired) electrons. The Labute approximate surface area is 102 Å². The van der Waals surface area contributed by atoms with Crippen molar-refractivity contribution in [2.24, 2.45) is 5.92 Å². The van der Waals surface area contributed by atoms with E-state index in [0.717, 1.165) is 18.8 Å². The number of anilines is 1. The van der Waals surface area contributed by atoms with Crippen molar-refractivity contribution >= 4 is 5.69 Å². The first-order chi connectivity index (χ1) is 8.16. The molecule has 0 saturated heterocycles. The molecule has 1 aliphatic carbocycles. The van der Waals surface area contributed by atoms with E-state index in [9.17, 15) is 4.39 Å². The molecule has 1 aromatic carbocycles. The Balaban J connectivity index is 1.91. The minimum absolute atomic E-state index is 0.197. The minimum Gasteiger partial charge on any atom is -0.396 e. The van der Waals surface area contributed by atoms with E-state index in [-0.39, 0.29) is 17.6 Å². The SMILES string of the molecule is CC1CCCC(OCc2cccc(N)c2F)C1. The van der Waals surface area contributed by atoms with Crippen LogP contribution in [0.4, 0.5) is 10.1 Å². The van der Waals surface area contributed by atoms with Gasteiger partial charge in [0, 0.05) is 5.56 Å². The van der Waals surface area contributed by atoms with Gasteiger partial charge >= 0.3 is 0 Å². The number of rotatable bonds is 3. The van der Waals surface area contributed by atoms with Gasteiger partial charge in [-0.05, 0) is 24.8 Å². The maximum absolute atomic E-state index is 13.6. The molecule has 0 bridgehead atoms. The van der Waals surface area contributed by atoms with E-state index in [4.69, 9.17) is 10.5 Å². The second-order valence-corrected chi connectivity index (χ2v) is 5.03. The highest BCUT2D eigenvalue weighted by molar-refractivity contribution is 5.42. The van der Waals surface area contributed by atoms with E-state index in [0.29, 0.717) is 12.2 Å². The number of halogens is 1. The van der Waals surface area contributed by atoms with Crippen LogP contribution in [0.2, 0.25) is 0 Å². The molecule has 0 amide bonds. The lowest BCUT2D eigenvalue weighted by Crippen LogP contribution is -2.21.